The smallest absolute Gasteiger partial charge is 0.335 e. The molecule has 0 aliphatic rings. The molecule has 0 spiro atoms. The van der Waals surface area contributed by atoms with Gasteiger partial charge in [0.2, 0.25) is 17.7 Å². The molecule has 0 amide bonds. The van der Waals surface area contributed by atoms with Crippen LogP contribution in [0.1, 0.15) is 26.3 Å². The first-order chi connectivity index (χ1) is 20.1. The van der Waals surface area contributed by atoms with Gasteiger partial charge < -0.3 is 9.47 Å². The molecule has 0 radical (unpaired) electrons. The number of hydrogen-bond acceptors (Lipinski definition) is 7. The van der Waals surface area contributed by atoms with Crippen molar-refractivity contribution in [2.24, 2.45) is 15.9 Å². The van der Waals surface area contributed by atoms with Crippen molar-refractivity contribution in [2.45, 2.75) is 40.0 Å². The summed E-state index contributed by atoms with van der Waals surface area (Å²) < 4.78 is 28.1. The van der Waals surface area contributed by atoms with Crippen molar-refractivity contribution >= 4 is 23.2 Å². The largest absolute Gasteiger partial charge is 0.488 e. The normalized spacial score (nSPS) is 12.7. The number of nitrogens with zero attached hydrogens (tertiary/aromatic N) is 5. The lowest BCUT2D eigenvalue weighted by Gasteiger charge is -2.17. The fraction of sp³-hybridized carbons (Fsp3) is 0.233. The Bertz CT molecular complexity index is 1810. The van der Waals surface area contributed by atoms with Crippen LogP contribution in [0.5, 0.6) is 11.5 Å². The number of hydrogen-bond donors (Lipinski definition) is 1. The zero-order valence-corrected chi connectivity index (χ0v) is 23.9. The summed E-state index contributed by atoms with van der Waals surface area (Å²) in [5.74, 6) is -0.737. The molecule has 42 heavy (non-hydrogen) atoms. The van der Waals surface area contributed by atoms with E-state index in [4.69, 9.17) is 21.1 Å². The minimum Gasteiger partial charge on any atom is -0.488 e. The second-order valence-electron chi connectivity index (χ2n) is 9.62. The second-order valence-corrected chi connectivity index (χ2v) is 10.1. The van der Waals surface area contributed by atoms with Gasteiger partial charge >= 0.3 is 11.4 Å². The molecule has 1 heterocycles. The lowest BCUT2D eigenvalue weighted by molar-refractivity contribution is 0.231. The van der Waals surface area contributed by atoms with E-state index in [1.54, 1.807) is 75.5 Å². The van der Waals surface area contributed by atoms with E-state index in [-0.39, 0.29) is 42.1 Å². The second kappa shape index (κ2) is 13.6. The topological polar surface area (TPSA) is 127 Å². The number of benzene rings is 3. The van der Waals surface area contributed by atoms with Crippen LogP contribution in [0.3, 0.4) is 0 Å². The molecule has 3 aromatic carbocycles. The molecule has 10 nitrogen and oxygen atoms in total. The molecule has 1 atom stereocenters. The van der Waals surface area contributed by atoms with Crippen molar-refractivity contribution in [3.05, 3.63) is 116 Å². The fourth-order valence-corrected chi connectivity index (χ4v) is 4.12. The number of ether oxygens (including phenoxy) is 2. The van der Waals surface area contributed by atoms with Gasteiger partial charge in [0.25, 0.3) is 0 Å². The molecule has 1 aromatic heterocycles. The SMILES string of the molecule is CC(C)Oc1ccc(N=c2[nH]c(=O)n(CC(C)C(=NC#N)Oc3ccccc3)c(=O)n2Cc2ccc(Cl)cc2)cc1F. The van der Waals surface area contributed by atoms with Crippen molar-refractivity contribution in [3.63, 3.8) is 0 Å². The van der Waals surface area contributed by atoms with Gasteiger partial charge in [-0.15, -0.1) is 4.99 Å². The maximum Gasteiger partial charge on any atom is 0.335 e. The zero-order chi connectivity index (χ0) is 30.2. The number of aliphatic imine (C=N–C) groups is 1. The predicted octanol–water partition coefficient (Wildman–Crippen LogP) is 4.79. The number of rotatable bonds is 9. The average molecular weight is 591 g/mol. The molecule has 0 saturated carbocycles. The summed E-state index contributed by atoms with van der Waals surface area (Å²) in [6, 6.07) is 19.6. The molecule has 0 saturated heterocycles. The molecule has 0 fully saturated rings. The van der Waals surface area contributed by atoms with Crippen molar-refractivity contribution in [1.82, 2.24) is 14.1 Å². The number of aromatic amines is 1. The fourth-order valence-electron chi connectivity index (χ4n) is 3.99. The minimum absolute atomic E-state index is 0.0245. The van der Waals surface area contributed by atoms with Crippen molar-refractivity contribution < 1.29 is 13.9 Å². The van der Waals surface area contributed by atoms with Gasteiger partial charge in [-0.05, 0) is 55.8 Å². The highest BCUT2D eigenvalue weighted by Crippen LogP contribution is 2.23. The van der Waals surface area contributed by atoms with Gasteiger partial charge in [-0.1, -0.05) is 48.9 Å². The Morgan fingerprint density at radius 1 is 1.05 bits per heavy atom. The third kappa shape index (κ3) is 7.62. The first-order valence-corrected chi connectivity index (χ1v) is 13.4. The Morgan fingerprint density at radius 2 is 1.76 bits per heavy atom. The Hall–Kier alpha value is -4.95. The number of H-pyrrole nitrogens is 1. The third-order valence-electron chi connectivity index (χ3n) is 5.95. The van der Waals surface area contributed by atoms with E-state index in [0.717, 1.165) is 10.6 Å². The van der Waals surface area contributed by atoms with Crippen LogP contribution in [-0.2, 0) is 13.1 Å². The molecular weight excluding hydrogens is 563 g/mol. The summed E-state index contributed by atoms with van der Waals surface area (Å²) in [6.07, 6.45) is 1.48. The van der Waals surface area contributed by atoms with Crippen LogP contribution in [-0.4, -0.2) is 26.1 Å². The van der Waals surface area contributed by atoms with Crippen molar-refractivity contribution in [2.75, 3.05) is 0 Å². The number of nitriles is 1. The van der Waals surface area contributed by atoms with Gasteiger partial charge in [0.15, 0.2) is 11.6 Å². The number of nitrogens with one attached hydrogen (secondary N) is 1. The van der Waals surface area contributed by atoms with E-state index >= 15 is 0 Å². The molecule has 4 rings (SSSR count). The predicted molar refractivity (Wildman–Crippen MR) is 157 cm³/mol. The molecule has 4 aromatic rings. The van der Waals surface area contributed by atoms with Gasteiger partial charge in [-0.2, -0.15) is 5.26 Å². The van der Waals surface area contributed by atoms with Gasteiger partial charge in [0, 0.05) is 17.6 Å². The summed E-state index contributed by atoms with van der Waals surface area (Å²) >= 11 is 6.03. The van der Waals surface area contributed by atoms with Crippen LogP contribution in [0.15, 0.2) is 92.4 Å². The first kappa shape index (κ1) is 30.0. The standard InChI is InChI=1S/C30H28ClFN6O4/c1-19(2)41-26-14-13-23(15-25(26)32)35-28-36-29(39)38(30(40)37(28)17-21-9-11-22(31)12-10-21)16-20(3)27(34-18-33)42-24-7-5-4-6-8-24/h4-15,19-20H,16-17H2,1-3H3,(H,35,36,39). The van der Waals surface area contributed by atoms with Crippen LogP contribution in [0.2, 0.25) is 5.02 Å². The minimum atomic E-state index is -0.755. The molecular formula is C30H28ClFN6O4. The molecule has 0 aliphatic carbocycles. The van der Waals surface area contributed by atoms with E-state index in [1.807, 2.05) is 6.07 Å². The molecule has 0 bridgehead atoms. The Labute approximate surface area is 245 Å². The van der Waals surface area contributed by atoms with Gasteiger partial charge in [-0.3, -0.25) is 9.55 Å². The quantitative estimate of drug-likeness (QED) is 0.170. The molecule has 1 N–H and O–H groups in total. The van der Waals surface area contributed by atoms with E-state index in [9.17, 15) is 19.2 Å². The summed E-state index contributed by atoms with van der Waals surface area (Å²) in [5, 5.41) is 9.73. The summed E-state index contributed by atoms with van der Waals surface area (Å²) in [5.41, 5.74) is -0.665. The highest BCUT2D eigenvalue weighted by molar-refractivity contribution is 6.30. The first-order valence-electron chi connectivity index (χ1n) is 13.0. The molecule has 12 heteroatoms. The molecule has 216 valence electrons. The van der Waals surface area contributed by atoms with Crippen molar-refractivity contribution in [1.29, 1.82) is 5.26 Å². The zero-order valence-electron chi connectivity index (χ0n) is 23.1. The van der Waals surface area contributed by atoms with Crippen molar-refractivity contribution in [3.8, 4) is 17.7 Å². The van der Waals surface area contributed by atoms with Crippen LogP contribution in [0.4, 0.5) is 10.1 Å². The highest BCUT2D eigenvalue weighted by Gasteiger charge is 2.19. The monoisotopic (exact) mass is 590 g/mol. The van der Waals surface area contributed by atoms with Crippen LogP contribution in [0.25, 0.3) is 0 Å². The Morgan fingerprint density at radius 3 is 2.40 bits per heavy atom. The third-order valence-corrected chi connectivity index (χ3v) is 6.20. The van der Waals surface area contributed by atoms with Gasteiger partial charge in [0.1, 0.15) is 5.75 Å². The van der Waals surface area contributed by atoms with Crippen LogP contribution < -0.4 is 26.5 Å². The summed E-state index contributed by atoms with van der Waals surface area (Å²) in [4.78, 5) is 37.7. The maximum absolute atomic E-state index is 14.7. The van der Waals surface area contributed by atoms with Gasteiger partial charge in [-0.25, -0.2) is 23.5 Å². The van der Waals surface area contributed by atoms with E-state index in [2.05, 4.69) is 15.0 Å². The lowest BCUT2D eigenvalue weighted by Crippen LogP contribution is -2.51. The summed E-state index contributed by atoms with van der Waals surface area (Å²) in [6.45, 7) is 5.10. The average Bonchev–Trinajstić information content (AvgIpc) is 2.95. The van der Waals surface area contributed by atoms with Gasteiger partial charge in [0.05, 0.1) is 24.3 Å². The molecule has 1 unspecified atom stereocenters. The maximum atomic E-state index is 14.7. The van der Waals surface area contributed by atoms with E-state index in [1.165, 1.54) is 16.7 Å². The highest BCUT2D eigenvalue weighted by atomic mass is 35.5. The number of aromatic nitrogens is 3. The molecule has 0 aliphatic heterocycles. The Balaban J connectivity index is 1.77. The van der Waals surface area contributed by atoms with Crippen LogP contribution >= 0.6 is 11.6 Å². The van der Waals surface area contributed by atoms with Crippen LogP contribution in [0, 0.1) is 23.2 Å². The van der Waals surface area contributed by atoms with E-state index in [0.29, 0.717) is 16.3 Å². The summed E-state index contributed by atoms with van der Waals surface area (Å²) in [7, 11) is 0. The lowest BCUT2D eigenvalue weighted by atomic mass is 10.1. The number of para-hydroxylation sites is 1. The number of halogens is 2. The van der Waals surface area contributed by atoms with E-state index < -0.39 is 23.1 Å². The Kier molecular flexibility index (Phi) is 9.73.